The fraction of sp³-hybridized carbons (Fsp3) is 0.250. The fourth-order valence-electron chi connectivity index (χ4n) is 1.71. The van der Waals surface area contributed by atoms with E-state index in [9.17, 15) is 0 Å². The van der Waals surface area contributed by atoms with Crippen molar-refractivity contribution in [2.24, 2.45) is 5.73 Å². The summed E-state index contributed by atoms with van der Waals surface area (Å²) >= 11 is 9.43. The molecule has 96 valence electrons. The minimum atomic E-state index is -0.413. The highest BCUT2D eigenvalue weighted by Crippen LogP contribution is 2.32. The van der Waals surface area contributed by atoms with Crippen LogP contribution in [0.3, 0.4) is 0 Å². The van der Waals surface area contributed by atoms with Gasteiger partial charge in [-0.25, -0.2) is 4.98 Å². The third-order valence-electron chi connectivity index (χ3n) is 2.71. The molecule has 0 bridgehead atoms. The predicted molar refractivity (Wildman–Crippen MR) is 75.1 cm³/mol. The second-order valence-corrected chi connectivity index (χ2v) is 5.20. The maximum atomic E-state index is 6.17. The first-order valence-corrected chi connectivity index (χ1v) is 6.50. The van der Waals surface area contributed by atoms with E-state index >= 15 is 0 Å². The number of nitrogens with two attached hydrogens (primary N) is 1. The van der Waals surface area contributed by atoms with Gasteiger partial charge in [-0.05, 0) is 40.5 Å². The number of aromatic amines is 1. The van der Waals surface area contributed by atoms with Gasteiger partial charge in [0.1, 0.15) is 16.2 Å². The summed E-state index contributed by atoms with van der Waals surface area (Å²) in [6.45, 7) is 1.92. The van der Waals surface area contributed by atoms with Gasteiger partial charge in [-0.2, -0.15) is 0 Å². The molecule has 0 amide bonds. The summed E-state index contributed by atoms with van der Waals surface area (Å²) in [4.78, 5) is 7.24. The smallest absolute Gasteiger partial charge is 0.128 e. The largest absolute Gasteiger partial charge is 0.496 e. The van der Waals surface area contributed by atoms with Gasteiger partial charge >= 0.3 is 0 Å². The zero-order valence-corrected chi connectivity index (χ0v) is 12.3. The van der Waals surface area contributed by atoms with Gasteiger partial charge in [-0.1, -0.05) is 11.6 Å². The Hall–Kier alpha value is -1.04. The average Bonchev–Trinajstić information content (AvgIpc) is 2.78. The van der Waals surface area contributed by atoms with Crippen molar-refractivity contribution in [1.29, 1.82) is 0 Å². The van der Waals surface area contributed by atoms with Gasteiger partial charge in [0.05, 0.1) is 19.3 Å². The molecule has 0 aliphatic rings. The van der Waals surface area contributed by atoms with Gasteiger partial charge in [0.2, 0.25) is 0 Å². The highest BCUT2D eigenvalue weighted by Gasteiger charge is 2.18. The Labute approximate surface area is 119 Å². The molecule has 1 atom stereocenters. The Bertz CT molecular complexity index is 570. The Kier molecular flexibility index (Phi) is 3.94. The SMILES string of the molecule is COc1cc(C)c(Cl)cc1C(N)c1ncc(Br)[nH]1. The van der Waals surface area contributed by atoms with Crippen molar-refractivity contribution in [3.63, 3.8) is 0 Å². The summed E-state index contributed by atoms with van der Waals surface area (Å²) in [6, 6.07) is 3.27. The topological polar surface area (TPSA) is 63.9 Å². The Morgan fingerprint density at radius 3 is 2.78 bits per heavy atom. The van der Waals surface area contributed by atoms with Gasteiger partial charge in [0, 0.05) is 10.6 Å². The third kappa shape index (κ3) is 2.53. The second kappa shape index (κ2) is 5.30. The van der Waals surface area contributed by atoms with Gasteiger partial charge in [0.15, 0.2) is 0 Å². The minimum Gasteiger partial charge on any atom is -0.496 e. The van der Waals surface area contributed by atoms with E-state index in [1.54, 1.807) is 13.3 Å². The van der Waals surface area contributed by atoms with Crippen LogP contribution < -0.4 is 10.5 Å². The molecular formula is C12H13BrClN3O. The van der Waals surface area contributed by atoms with Crippen LogP contribution in [0.5, 0.6) is 5.75 Å². The summed E-state index contributed by atoms with van der Waals surface area (Å²) in [5.74, 6) is 1.36. The molecule has 1 heterocycles. The lowest BCUT2D eigenvalue weighted by Gasteiger charge is -2.15. The monoisotopic (exact) mass is 329 g/mol. The van der Waals surface area contributed by atoms with Crippen LogP contribution in [0, 0.1) is 6.92 Å². The van der Waals surface area contributed by atoms with Crippen LogP contribution in [0.25, 0.3) is 0 Å². The molecule has 4 nitrogen and oxygen atoms in total. The van der Waals surface area contributed by atoms with E-state index in [0.717, 1.165) is 15.7 Å². The number of imidazole rings is 1. The summed E-state index contributed by atoms with van der Waals surface area (Å²) < 4.78 is 6.12. The van der Waals surface area contributed by atoms with Crippen LogP contribution in [-0.4, -0.2) is 17.1 Å². The number of nitrogens with one attached hydrogen (secondary N) is 1. The lowest BCUT2D eigenvalue weighted by atomic mass is 10.0. The number of methoxy groups -OCH3 is 1. The molecule has 3 N–H and O–H groups in total. The number of hydrogen-bond acceptors (Lipinski definition) is 3. The van der Waals surface area contributed by atoms with Crippen molar-refractivity contribution < 1.29 is 4.74 Å². The third-order valence-corrected chi connectivity index (χ3v) is 3.52. The molecule has 2 aromatic rings. The zero-order valence-electron chi connectivity index (χ0n) is 10.00. The van der Waals surface area contributed by atoms with Gasteiger partial charge in [0.25, 0.3) is 0 Å². The Morgan fingerprint density at radius 1 is 1.50 bits per heavy atom. The number of benzene rings is 1. The highest BCUT2D eigenvalue weighted by molar-refractivity contribution is 9.10. The van der Waals surface area contributed by atoms with E-state index in [1.807, 2.05) is 19.1 Å². The first kappa shape index (κ1) is 13.4. The zero-order chi connectivity index (χ0) is 13.3. The van der Waals surface area contributed by atoms with Crippen LogP contribution in [0.1, 0.15) is 23.0 Å². The minimum absolute atomic E-state index is 0.413. The Balaban J connectivity index is 2.46. The van der Waals surface area contributed by atoms with Crippen LogP contribution in [0.2, 0.25) is 5.02 Å². The number of aryl methyl sites for hydroxylation is 1. The van der Waals surface area contributed by atoms with E-state index in [0.29, 0.717) is 16.6 Å². The van der Waals surface area contributed by atoms with Gasteiger partial charge < -0.3 is 15.5 Å². The summed E-state index contributed by atoms with van der Waals surface area (Å²) in [5.41, 5.74) is 7.92. The normalized spacial score (nSPS) is 12.5. The van der Waals surface area contributed by atoms with Crippen LogP contribution in [0.4, 0.5) is 0 Å². The number of rotatable bonds is 3. The van der Waals surface area contributed by atoms with Crippen molar-refractivity contribution >= 4 is 27.5 Å². The molecule has 0 aliphatic heterocycles. The second-order valence-electron chi connectivity index (χ2n) is 3.94. The molecule has 6 heteroatoms. The van der Waals surface area contributed by atoms with E-state index < -0.39 is 6.04 Å². The number of halogens is 2. The number of ether oxygens (including phenoxy) is 1. The van der Waals surface area contributed by atoms with E-state index in [4.69, 9.17) is 22.1 Å². The number of aromatic nitrogens is 2. The van der Waals surface area contributed by atoms with E-state index in [2.05, 4.69) is 25.9 Å². The summed E-state index contributed by atoms with van der Waals surface area (Å²) in [5, 5.41) is 0.659. The quantitative estimate of drug-likeness (QED) is 0.908. The van der Waals surface area contributed by atoms with Crippen LogP contribution >= 0.6 is 27.5 Å². The molecule has 2 rings (SSSR count). The maximum absolute atomic E-state index is 6.17. The van der Waals surface area contributed by atoms with Gasteiger partial charge in [-0.3, -0.25) is 0 Å². The number of nitrogens with zero attached hydrogens (tertiary/aromatic N) is 1. The Morgan fingerprint density at radius 2 is 2.22 bits per heavy atom. The predicted octanol–water partition coefficient (Wildman–Crippen LogP) is 3.19. The molecule has 1 aromatic carbocycles. The number of hydrogen-bond donors (Lipinski definition) is 2. The van der Waals surface area contributed by atoms with Gasteiger partial charge in [-0.15, -0.1) is 0 Å². The maximum Gasteiger partial charge on any atom is 0.128 e. The molecule has 0 saturated heterocycles. The van der Waals surface area contributed by atoms with Crippen LogP contribution in [-0.2, 0) is 0 Å². The van der Waals surface area contributed by atoms with Crippen LogP contribution in [0.15, 0.2) is 22.9 Å². The summed E-state index contributed by atoms with van der Waals surface area (Å²) in [7, 11) is 1.61. The lowest BCUT2D eigenvalue weighted by molar-refractivity contribution is 0.407. The first-order chi connectivity index (χ1) is 8.52. The standard InChI is InChI=1S/C12H13BrClN3O/c1-6-3-9(18-2)7(4-8(6)14)11(15)12-16-5-10(13)17-12/h3-5,11H,15H2,1-2H3,(H,16,17). The van der Waals surface area contributed by atoms with Crippen molar-refractivity contribution in [3.8, 4) is 5.75 Å². The van der Waals surface area contributed by atoms with E-state index in [-0.39, 0.29) is 0 Å². The molecule has 0 spiro atoms. The molecule has 0 aliphatic carbocycles. The molecule has 0 radical (unpaired) electrons. The van der Waals surface area contributed by atoms with Crippen molar-refractivity contribution in [2.75, 3.05) is 7.11 Å². The highest BCUT2D eigenvalue weighted by atomic mass is 79.9. The molecule has 0 fully saturated rings. The first-order valence-electron chi connectivity index (χ1n) is 5.33. The van der Waals surface area contributed by atoms with Crippen molar-refractivity contribution in [3.05, 3.63) is 44.9 Å². The van der Waals surface area contributed by atoms with E-state index in [1.165, 1.54) is 0 Å². The summed E-state index contributed by atoms with van der Waals surface area (Å²) in [6.07, 6.45) is 1.66. The fourth-order valence-corrected chi connectivity index (χ4v) is 2.19. The molecule has 1 unspecified atom stereocenters. The van der Waals surface area contributed by atoms with Crippen molar-refractivity contribution in [2.45, 2.75) is 13.0 Å². The molecule has 18 heavy (non-hydrogen) atoms. The number of H-pyrrole nitrogens is 1. The average molecular weight is 331 g/mol. The molecular weight excluding hydrogens is 318 g/mol. The molecule has 1 aromatic heterocycles. The van der Waals surface area contributed by atoms with Crippen molar-refractivity contribution in [1.82, 2.24) is 9.97 Å². The lowest BCUT2D eigenvalue weighted by Crippen LogP contribution is -2.15. The molecule has 0 saturated carbocycles.